The van der Waals surface area contributed by atoms with E-state index in [4.69, 9.17) is 14.1 Å². The number of anilines is 4. The van der Waals surface area contributed by atoms with Gasteiger partial charge in [0, 0.05) is 43.9 Å². The molecule has 208 valence electrons. The Labute approximate surface area is 237 Å². The predicted molar refractivity (Wildman–Crippen MR) is 156 cm³/mol. The van der Waals surface area contributed by atoms with Crippen molar-refractivity contribution >= 4 is 60.6 Å². The second kappa shape index (κ2) is 10.5. The fraction of sp³-hybridized carbons (Fsp3) is 0.407. The molecule has 0 radical (unpaired) electrons. The highest BCUT2D eigenvalue weighted by Crippen LogP contribution is 2.40. The summed E-state index contributed by atoms with van der Waals surface area (Å²) in [4.78, 5) is 37.9. The van der Waals surface area contributed by atoms with Crippen molar-refractivity contribution in [1.82, 2.24) is 15.3 Å². The third-order valence-electron chi connectivity index (χ3n) is 7.76. The van der Waals surface area contributed by atoms with Crippen LogP contribution in [0.1, 0.15) is 41.6 Å². The highest BCUT2D eigenvalue weighted by atomic mass is 32.1. The number of thiazole rings is 1. The molecule has 4 aromatic heterocycles. The predicted octanol–water partition coefficient (Wildman–Crippen LogP) is 3.16. The lowest BCUT2D eigenvalue weighted by atomic mass is 9.91. The van der Waals surface area contributed by atoms with Gasteiger partial charge < -0.3 is 35.7 Å². The Kier molecular flexibility index (Phi) is 6.66. The van der Waals surface area contributed by atoms with Crippen LogP contribution in [0.4, 0.5) is 21.8 Å². The summed E-state index contributed by atoms with van der Waals surface area (Å²) in [5.74, 6) is 1.06. The number of carbonyl (C=O) groups excluding carboxylic acids is 1. The van der Waals surface area contributed by atoms with Gasteiger partial charge in [-0.2, -0.15) is 0 Å². The van der Waals surface area contributed by atoms with Crippen LogP contribution in [0.2, 0.25) is 0 Å². The Morgan fingerprint density at radius 3 is 2.83 bits per heavy atom. The van der Waals surface area contributed by atoms with Gasteiger partial charge in [-0.15, -0.1) is 11.3 Å². The molecule has 0 aromatic carbocycles. The molecule has 1 amide bonds. The lowest BCUT2D eigenvalue weighted by Gasteiger charge is -2.27. The van der Waals surface area contributed by atoms with E-state index >= 15 is 0 Å². The van der Waals surface area contributed by atoms with Gasteiger partial charge in [0.1, 0.15) is 23.9 Å². The van der Waals surface area contributed by atoms with Crippen LogP contribution >= 0.6 is 22.7 Å². The number of amides is 1. The van der Waals surface area contributed by atoms with Gasteiger partial charge in [0.15, 0.2) is 10.7 Å². The minimum Gasteiger partial charge on any atom is -0.459 e. The summed E-state index contributed by atoms with van der Waals surface area (Å²) in [5, 5.41) is 11.3. The van der Waals surface area contributed by atoms with E-state index in [1.54, 1.807) is 29.9 Å². The molecule has 13 heteroatoms. The summed E-state index contributed by atoms with van der Waals surface area (Å²) >= 11 is 2.96. The number of hydrogen-bond acceptors (Lipinski definition) is 11. The molecular weight excluding hydrogens is 550 g/mol. The first-order valence-corrected chi connectivity index (χ1v) is 15.2. The molecule has 3 aliphatic rings. The molecule has 2 aliphatic heterocycles. The zero-order chi connectivity index (χ0) is 27.2. The zero-order valence-electron chi connectivity index (χ0n) is 21.8. The van der Waals surface area contributed by atoms with Crippen molar-refractivity contribution in [2.45, 2.75) is 44.3 Å². The average molecular weight is 581 g/mol. The van der Waals surface area contributed by atoms with E-state index in [2.05, 4.69) is 31.6 Å². The average Bonchev–Trinajstić information content (AvgIpc) is 3.69. The minimum absolute atomic E-state index is 0.137. The van der Waals surface area contributed by atoms with Crippen LogP contribution in [0.3, 0.4) is 0 Å². The van der Waals surface area contributed by atoms with E-state index in [0.717, 1.165) is 57.5 Å². The van der Waals surface area contributed by atoms with E-state index < -0.39 is 0 Å². The fourth-order valence-electron chi connectivity index (χ4n) is 5.60. The largest absolute Gasteiger partial charge is 0.459 e. The lowest BCUT2D eigenvalue weighted by Crippen LogP contribution is -2.68. The molecule has 2 atom stereocenters. The number of nitrogens with zero attached hydrogens (tertiary/aromatic N) is 3. The summed E-state index contributed by atoms with van der Waals surface area (Å²) in [6.07, 6.45) is 7.91. The van der Waals surface area contributed by atoms with Gasteiger partial charge in [0.25, 0.3) is 5.91 Å². The first kappa shape index (κ1) is 25.4. The Balaban J connectivity index is 1.19. The van der Waals surface area contributed by atoms with Crippen molar-refractivity contribution in [3.05, 3.63) is 45.9 Å². The standard InChI is InChI=1S/C27H29N7O4S2/c28-16-3-1-2-4-17(16)31-20-9-14-11-29-26(36)22(14)25(32-20)33-27-30-12-19(39-27)15-13-38-23-18(35)10-21(40-24(15)23)34-5-7-37-8-6-34/h9-10,12-13,16-17H,1-8,11,28H2,(H,29,36)(H2,30,31,32,33)/p+1/t16-,17+/m1/s1. The SMILES string of the molecule is [NH3+][C@@H]1CCCC[C@@H]1Nc1cc2c(c(Nc3ncc(-c4coc5c(=O)cc(N6CCOCC6)sc45)s3)n1)C(=O)NC2. The molecule has 40 heavy (non-hydrogen) atoms. The van der Waals surface area contributed by atoms with Crippen LogP contribution in [0.15, 0.2) is 33.8 Å². The molecule has 6 heterocycles. The monoisotopic (exact) mass is 580 g/mol. The van der Waals surface area contributed by atoms with Crippen molar-refractivity contribution in [3.63, 3.8) is 0 Å². The van der Waals surface area contributed by atoms with Crippen LogP contribution in [0.25, 0.3) is 20.7 Å². The molecule has 4 aromatic rings. The number of nitrogens with one attached hydrogen (secondary N) is 3. The molecule has 0 bridgehead atoms. The van der Waals surface area contributed by atoms with E-state index in [1.165, 1.54) is 24.2 Å². The quantitative estimate of drug-likeness (QED) is 0.270. The lowest BCUT2D eigenvalue weighted by molar-refractivity contribution is -0.427. The molecule has 11 nitrogen and oxygen atoms in total. The number of carbonyl (C=O) groups is 1. The van der Waals surface area contributed by atoms with E-state index in [9.17, 15) is 9.59 Å². The Morgan fingerprint density at radius 2 is 1.98 bits per heavy atom. The smallest absolute Gasteiger partial charge is 0.255 e. The molecule has 1 aliphatic carbocycles. The number of hydrogen-bond donors (Lipinski definition) is 4. The molecule has 1 saturated heterocycles. The Bertz CT molecular complexity index is 1640. The van der Waals surface area contributed by atoms with Crippen molar-refractivity contribution in [2.24, 2.45) is 0 Å². The van der Waals surface area contributed by atoms with Gasteiger partial charge in [-0.1, -0.05) is 17.8 Å². The molecule has 7 rings (SSSR count). The van der Waals surface area contributed by atoms with Gasteiger partial charge in [-0.3, -0.25) is 9.59 Å². The number of furan rings is 1. The second-order valence-corrected chi connectivity index (χ2v) is 12.4. The van der Waals surface area contributed by atoms with Crippen molar-refractivity contribution in [2.75, 3.05) is 41.8 Å². The second-order valence-electron chi connectivity index (χ2n) is 10.4. The summed E-state index contributed by atoms with van der Waals surface area (Å²) < 4.78 is 12.0. The normalized spacial score (nSPS) is 20.9. The number of quaternary nitrogens is 1. The van der Waals surface area contributed by atoms with Crippen LogP contribution in [-0.2, 0) is 11.3 Å². The molecular formula is C27H30N7O4S2+. The van der Waals surface area contributed by atoms with Crippen molar-refractivity contribution < 1.29 is 19.7 Å². The fourth-order valence-corrected chi connectivity index (χ4v) is 7.69. The summed E-state index contributed by atoms with van der Waals surface area (Å²) in [7, 11) is 0. The number of morpholine rings is 1. The van der Waals surface area contributed by atoms with Crippen LogP contribution in [0, 0.1) is 0 Å². The van der Waals surface area contributed by atoms with Crippen molar-refractivity contribution in [3.8, 4) is 10.4 Å². The van der Waals surface area contributed by atoms with Gasteiger partial charge in [-0.25, -0.2) is 9.97 Å². The van der Waals surface area contributed by atoms with Gasteiger partial charge in [-0.05, 0) is 24.5 Å². The Hall–Kier alpha value is -3.52. The van der Waals surface area contributed by atoms with E-state index in [0.29, 0.717) is 47.9 Å². The van der Waals surface area contributed by atoms with Gasteiger partial charge >= 0.3 is 0 Å². The maximum atomic E-state index is 12.8. The van der Waals surface area contributed by atoms with Gasteiger partial charge in [0.2, 0.25) is 5.43 Å². The minimum atomic E-state index is -0.151. The number of ether oxygens (including phenoxy) is 1. The van der Waals surface area contributed by atoms with Gasteiger partial charge in [0.05, 0.1) is 39.4 Å². The maximum Gasteiger partial charge on any atom is 0.255 e. The summed E-state index contributed by atoms with van der Waals surface area (Å²) in [5.41, 5.74) is 6.80. The molecule has 0 spiro atoms. The maximum absolute atomic E-state index is 12.8. The van der Waals surface area contributed by atoms with Crippen LogP contribution < -0.4 is 32.0 Å². The highest BCUT2D eigenvalue weighted by Gasteiger charge is 2.29. The summed E-state index contributed by atoms with van der Waals surface area (Å²) in [6.45, 7) is 3.25. The Morgan fingerprint density at radius 1 is 1.12 bits per heavy atom. The van der Waals surface area contributed by atoms with E-state index in [1.807, 2.05) is 6.07 Å². The third kappa shape index (κ3) is 4.72. The number of pyridine rings is 1. The molecule has 1 saturated carbocycles. The molecule has 6 N–H and O–H groups in total. The third-order valence-corrected chi connectivity index (χ3v) is 9.90. The van der Waals surface area contributed by atoms with Crippen LogP contribution in [-0.4, -0.2) is 54.3 Å². The number of fused-ring (bicyclic) bond motifs is 2. The molecule has 0 unspecified atom stereocenters. The highest BCUT2D eigenvalue weighted by molar-refractivity contribution is 7.23. The van der Waals surface area contributed by atoms with E-state index in [-0.39, 0.29) is 17.4 Å². The summed E-state index contributed by atoms with van der Waals surface area (Å²) in [6, 6.07) is 4.19. The topological polar surface area (TPSA) is 149 Å². The zero-order valence-corrected chi connectivity index (χ0v) is 23.5. The van der Waals surface area contributed by atoms with Crippen LogP contribution in [0.5, 0.6) is 0 Å². The first-order valence-electron chi connectivity index (χ1n) is 13.6. The number of aromatic nitrogens is 2. The molecule has 2 fully saturated rings. The first-order chi connectivity index (χ1) is 19.5. The van der Waals surface area contributed by atoms with Crippen molar-refractivity contribution in [1.29, 1.82) is 0 Å². The number of rotatable bonds is 6.